The van der Waals surface area contributed by atoms with E-state index in [1.165, 1.54) is 0 Å². The Kier molecular flexibility index (Phi) is 6.07. The summed E-state index contributed by atoms with van der Waals surface area (Å²) in [6.45, 7) is 2.96. The third-order valence-corrected chi connectivity index (χ3v) is 6.48. The number of benzene rings is 3. The van der Waals surface area contributed by atoms with Gasteiger partial charge in [0.2, 0.25) is 5.90 Å². The molecule has 0 aliphatic carbocycles. The van der Waals surface area contributed by atoms with Crippen molar-refractivity contribution in [3.63, 3.8) is 0 Å². The Labute approximate surface area is 199 Å². The molecule has 0 fully saturated rings. The lowest BCUT2D eigenvalue weighted by Gasteiger charge is -2.40. The third-order valence-electron chi connectivity index (χ3n) is 6.48. The van der Waals surface area contributed by atoms with Gasteiger partial charge in [0.1, 0.15) is 11.9 Å². The van der Waals surface area contributed by atoms with Crippen LogP contribution in [0.2, 0.25) is 0 Å². The number of rotatable bonds is 7. The van der Waals surface area contributed by atoms with Crippen molar-refractivity contribution in [3.05, 3.63) is 95.6 Å². The van der Waals surface area contributed by atoms with Gasteiger partial charge in [0.15, 0.2) is 5.54 Å². The van der Waals surface area contributed by atoms with Crippen LogP contribution in [-0.4, -0.2) is 41.8 Å². The van der Waals surface area contributed by atoms with Crippen LogP contribution in [0.25, 0.3) is 0 Å². The van der Waals surface area contributed by atoms with Crippen LogP contribution in [0.3, 0.4) is 0 Å². The molecule has 2 aliphatic rings. The molecule has 1 amide bonds. The Balaban J connectivity index is 1.47. The fourth-order valence-electron chi connectivity index (χ4n) is 4.60. The van der Waals surface area contributed by atoms with Crippen LogP contribution in [0.4, 0.5) is 5.69 Å². The number of para-hydroxylation sites is 1. The van der Waals surface area contributed by atoms with Crippen molar-refractivity contribution in [3.8, 4) is 5.75 Å². The molecule has 0 radical (unpaired) electrons. The summed E-state index contributed by atoms with van der Waals surface area (Å²) in [7, 11) is 0. The molecule has 174 valence electrons. The van der Waals surface area contributed by atoms with E-state index < -0.39 is 11.6 Å². The zero-order valence-corrected chi connectivity index (χ0v) is 19.2. The maximum atomic E-state index is 14.0. The fourth-order valence-corrected chi connectivity index (χ4v) is 4.60. The van der Waals surface area contributed by atoms with E-state index in [0.29, 0.717) is 31.9 Å². The average molecular weight is 457 g/mol. The van der Waals surface area contributed by atoms with Crippen LogP contribution in [0, 0.1) is 0 Å². The molecule has 34 heavy (non-hydrogen) atoms. The molecule has 0 unspecified atom stereocenters. The zero-order valence-electron chi connectivity index (χ0n) is 19.2. The molecule has 0 saturated carbocycles. The molecular formula is C28H28N2O4. The molecule has 3 aromatic rings. The van der Waals surface area contributed by atoms with Crippen LogP contribution < -0.4 is 9.64 Å². The minimum Gasteiger partial charge on any atom is -0.494 e. The van der Waals surface area contributed by atoms with Gasteiger partial charge in [-0.25, -0.2) is 4.99 Å². The summed E-state index contributed by atoms with van der Waals surface area (Å²) in [4.78, 5) is 20.8. The lowest BCUT2D eigenvalue weighted by Crippen LogP contribution is -2.57. The van der Waals surface area contributed by atoms with Crippen LogP contribution in [0.15, 0.2) is 83.9 Å². The molecule has 1 N–H and O–H groups in total. The van der Waals surface area contributed by atoms with E-state index in [-0.39, 0.29) is 12.5 Å². The van der Waals surface area contributed by atoms with Gasteiger partial charge in [-0.2, -0.15) is 0 Å². The van der Waals surface area contributed by atoms with E-state index in [1.54, 1.807) is 0 Å². The van der Waals surface area contributed by atoms with Crippen LogP contribution >= 0.6 is 0 Å². The van der Waals surface area contributed by atoms with E-state index in [0.717, 1.165) is 28.1 Å². The van der Waals surface area contributed by atoms with Gasteiger partial charge in [0, 0.05) is 30.7 Å². The molecule has 2 atom stereocenters. The number of aliphatic imine (C=N–C) groups is 1. The summed E-state index contributed by atoms with van der Waals surface area (Å²) in [6.07, 6.45) is 0.683. The zero-order chi connectivity index (χ0) is 23.5. The number of fused-ring (bicyclic) bond motifs is 1. The van der Waals surface area contributed by atoms with Gasteiger partial charge in [0.25, 0.3) is 5.91 Å². The first-order valence-corrected chi connectivity index (χ1v) is 11.6. The van der Waals surface area contributed by atoms with Gasteiger partial charge in [-0.05, 0) is 48.4 Å². The Bertz CT molecular complexity index is 1190. The molecule has 3 aromatic carbocycles. The predicted octanol–water partition coefficient (Wildman–Crippen LogP) is 4.14. The first kappa shape index (κ1) is 22.2. The number of ether oxygens (including phenoxy) is 2. The van der Waals surface area contributed by atoms with E-state index in [9.17, 15) is 4.79 Å². The van der Waals surface area contributed by atoms with Crippen LogP contribution in [0.1, 0.15) is 30.0 Å². The molecule has 0 aromatic heterocycles. The topological polar surface area (TPSA) is 71.4 Å². The van der Waals surface area contributed by atoms with Crippen molar-refractivity contribution in [2.75, 3.05) is 18.1 Å². The molecule has 6 heteroatoms. The standard InChI is InChI=1S/C28H28N2O4/c1-20-28(29-26(34-20)22-12-14-24(15-13-22)33-17-7-16-31)18-23-10-5-6-11-25(23)30(27(28)32)19-21-8-3-2-4-9-21/h2-6,8-15,20,31H,7,16-19H2,1H3/t20-,28-/m0/s1. The van der Waals surface area contributed by atoms with Gasteiger partial charge in [0.05, 0.1) is 13.2 Å². The van der Waals surface area contributed by atoms with Gasteiger partial charge in [-0.1, -0.05) is 48.5 Å². The summed E-state index contributed by atoms with van der Waals surface area (Å²) >= 11 is 0. The maximum absolute atomic E-state index is 14.0. The molecule has 0 saturated heterocycles. The second-order valence-electron chi connectivity index (χ2n) is 8.73. The lowest BCUT2D eigenvalue weighted by atomic mass is 9.81. The van der Waals surface area contributed by atoms with Crippen molar-refractivity contribution in [2.24, 2.45) is 4.99 Å². The number of carbonyl (C=O) groups is 1. The smallest absolute Gasteiger partial charge is 0.259 e. The molecular weight excluding hydrogens is 428 g/mol. The third kappa shape index (κ3) is 4.05. The predicted molar refractivity (Wildman–Crippen MR) is 131 cm³/mol. The Hall–Kier alpha value is -3.64. The summed E-state index contributed by atoms with van der Waals surface area (Å²) in [5.41, 5.74) is 2.89. The van der Waals surface area contributed by atoms with Gasteiger partial charge in [-0.3, -0.25) is 4.79 Å². The Morgan fingerprint density at radius 1 is 1.06 bits per heavy atom. The van der Waals surface area contributed by atoms with Crippen LogP contribution in [-0.2, 0) is 22.5 Å². The SMILES string of the molecule is C[C@@H]1OC(c2ccc(OCCCO)cc2)=N[C@@]12Cc1ccccc1N(Cc1ccccc1)C2=O. The second-order valence-corrected chi connectivity index (χ2v) is 8.73. The Morgan fingerprint density at radius 3 is 2.56 bits per heavy atom. The molecule has 5 rings (SSSR count). The normalized spacial score (nSPS) is 21.2. The van der Waals surface area contributed by atoms with Crippen molar-refractivity contribution in [1.29, 1.82) is 0 Å². The number of hydrogen-bond donors (Lipinski definition) is 1. The van der Waals surface area contributed by atoms with Gasteiger partial charge >= 0.3 is 0 Å². The summed E-state index contributed by atoms with van der Waals surface area (Å²) in [6, 6.07) is 25.5. The fraction of sp³-hybridized carbons (Fsp3) is 0.286. The van der Waals surface area contributed by atoms with Crippen LogP contribution in [0.5, 0.6) is 5.75 Å². The number of anilines is 1. The molecule has 2 aliphatic heterocycles. The van der Waals surface area contributed by atoms with Gasteiger partial charge in [-0.15, -0.1) is 0 Å². The van der Waals surface area contributed by atoms with E-state index in [1.807, 2.05) is 84.6 Å². The summed E-state index contributed by atoms with van der Waals surface area (Å²) in [5, 5.41) is 8.92. The average Bonchev–Trinajstić information content (AvgIpc) is 3.19. The lowest BCUT2D eigenvalue weighted by molar-refractivity contribution is -0.126. The largest absolute Gasteiger partial charge is 0.494 e. The first-order chi connectivity index (χ1) is 16.6. The number of aliphatic hydroxyl groups excluding tert-OH is 1. The summed E-state index contributed by atoms with van der Waals surface area (Å²) in [5.74, 6) is 1.15. The van der Waals surface area contributed by atoms with Crippen molar-refractivity contribution < 1.29 is 19.4 Å². The highest BCUT2D eigenvalue weighted by Crippen LogP contribution is 2.41. The summed E-state index contributed by atoms with van der Waals surface area (Å²) < 4.78 is 11.8. The highest BCUT2D eigenvalue weighted by molar-refractivity contribution is 6.08. The van der Waals surface area contributed by atoms with Gasteiger partial charge < -0.3 is 19.5 Å². The number of aliphatic hydroxyl groups is 1. The number of hydrogen-bond acceptors (Lipinski definition) is 5. The monoisotopic (exact) mass is 456 g/mol. The van der Waals surface area contributed by atoms with E-state index in [2.05, 4.69) is 6.07 Å². The highest BCUT2D eigenvalue weighted by atomic mass is 16.5. The van der Waals surface area contributed by atoms with Crippen molar-refractivity contribution >= 4 is 17.5 Å². The number of nitrogens with zero attached hydrogens (tertiary/aromatic N) is 2. The van der Waals surface area contributed by atoms with E-state index >= 15 is 0 Å². The quantitative estimate of drug-likeness (QED) is 0.543. The number of carbonyl (C=O) groups excluding carboxylic acids is 1. The first-order valence-electron chi connectivity index (χ1n) is 11.6. The number of amides is 1. The maximum Gasteiger partial charge on any atom is 0.259 e. The van der Waals surface area contributed by atoms with Crippen molar-refractivity contribution in [1.82, 2.24) is 0 Å². The second kappa shape index (κ2) is 9.31. The highest BCUT2D eigenvalue weighted by Gasteiger charge is 2.55. The Morgan fingerprint density at radius 2 is 1.79 bits per heavy atom. The van der Waals surface area contributed by atoms with E-state index in [4.69, 9.17) is 19.6 Å². The molecule has 6 nitrogen and oxygen atoms in total. The molecule has 0 bridgehead atoms. The minimum atomic E-state index is -1.01. The molecule has 2 heterocycles. The minimum absolute atomic E-state index is 0.0403. The van der Waals surface area contributed by atoms with Crippen molar-refractivity contribution in [2.45, 2.75) is 38.0 Å². The molecule has 1 spiro atoms.